The van der Waals surface area contributed by atoms with Crippen LogP contribution >= 0.6 is 0 Å². The highest BCUT2D eigenvalue weighted by atomic mass is 16.3. The molecule has 0 aromatic heterocycles. The molecule has 1 aromatic carbocycles. The van der Waals surface area contributed by atoms with Crippen molar-refractivity contribution in [1.29, 1.82) is 0 Å². The molecule has 102 valence electrons. The van der Waals surface area contributed by atoms with Crippen LogP contribution in [0.2, 0.25) is 0 Å². The quantitative estimate of drug-likeness (QED) is 0.693. The largest absolute Gasteiger partial charge is 0.508 e. The number of imide groups is 2. The average molecular weight is 275 g/mol. The first-order valence-corrected chi connectivity index (χ1v) is 5.82. The molecule has 0 radical (unpaired) electrons. The summed E-state index contributed by atoms with van der Waals surface area (Å²) in [6.45, 7) is -0.0535. The summed E-state index contributed by atoms with van der Waals surface area (Å²) in [5.74, 6) is -1.97. The maximum Gasteiger partial charge on any atom is 0.343 e. The topological polar surface area (TPSA) is 107 Å². The SMILES string of the molecule is O=C1CCN(N2C(=O)c3ccc(O)cc3C2=O)C(=O)N1. The second-order valence-corrected chi connectivity index (χ2v) is 4.38. The molecule has 0 saturated carbocycles. The minimum Gasteiger partial charge on any atom is -0.508 e. The number of carbonyl (C=O) groups is 4. The van der Waals surface area contributed by atoms with E-state index < -0.39 is 23.8 Å². The Morgan fingerprint density at radius 2 is 1.75 bits per heavy atom. The van der Waals surface area contributed by atoms with E-state index in [4.69, 9.17) is 0 Å². The van der Waals surface area contributed by atoms with Crippen LogP contribution in [0.15, 0.2) is 18.2 Å². The van der Waals surface area contributed by atoms with Crippen molar-refractivity contribution >= 4 is 23.8 Å². The lowest BCUT2D eigenvalue weighted by atomic mass is 10.1. The number of hydrogen-bond donors (Lipinski definition) is 2. The molecule has 8 heteroatoms. The molecule has 1 saturated heterocycles. The average Bonchev–Trinajstić information content (AvgIpc) is 2.63. The van der Waals surface area contributed by atoms with E-state index >= 15 is 0 Å². The van der Waals surface area contributed by atoms with E-state index in [-0.39, 0.29) is 29.8 Å². The molecule has 0 atom stereocenters. The van der Waals surface area contributed by atoms with Crippen LogP contribution < -0.4 is 5.32 Å². The zero-order valence-electron chi connectivity index (χ0n) is 10.1. The Bertz CT molecular complexity index is 669. The monoisotopic (exact) mass is 275 g/mol. The van der Waals surface area contributed by atoms with Crippen LogP contribution in [-0.4, -0.2) is 45.4 Å². The second kappa shape index (κ2) is 4.05. The van der Waals surface area contributed by atoms with Crippen molar-refractivity contribution in [1.82, 2.24) is 15.3 Å². The number of benzene rings is 1. The molecule has 1 fully saturated rings. The summed E-state index contributed by atoms with van der Waals surface area (Å²) < 4.78 is 0. The van der Waals surface area contributed by atoms with Crippen LogP contribution in [0.5, 0.6) is 5.75 Å². The Morgan fingerprint density at radius 3 is 2.45 bits per heavy atom. The third-order valence-electron chi connectivity index (χ3n) is 3.12. The van der Waals surface area contributed by atoms with Crippen LogP contribution in [0.1, 0.15) is 27.1 Å². The lowest BCUT2D eigenvalue weighted by Gasteiger charge is -2.32. The molecular weight excluding hydrogens is 266 g/mol. The van der Waals surface area contributed by atoms with Gasteiger partial charge in [-0.15, -0.1) is 0 Å². The molecule has 0 aliphatic carbocycles. The Labute approximate surface area is 112 Å². The highest BCUT2D eigenvalue weighted by molar-refractivity contribution is 6.22. The van der Waals surface area contributed by atoms with Crippen molar-refractivity contribution in [2.75, 3.05) is 6.54 Å². The molecule has 5 amide bonds. The van der Waals surface area contributed by atoms with Crippen molar-refractivity contribution in [3.8, 4) is 5.75 Å². The molecule has 8 nitrogen and oxygen atoms in total. The van der Waals surface area contributed by atoms with E-state index in [0.717, 1.165) is 5.01 Å². The number of aromatic hydroxyl groups is 1. The molecule has 0 spiro atoms. The number of rotatable bonds is 1. The van der Waals surface area contributed by atoms with Gasteiger partial charge in [0, 0.05) is 6.42 Å². The van der Waals surface area contributed by atoms with E-state index in [9.17, 15) is 24.3 Å². The zero-order valence-corrected chi connectivity index (χ0v) is 10.1. The van der Waals surface area contributed by atoms with Gasteiger partial charge in [0.15, 0.2) is 0 Å². The number of urea groups is 1. The summed E-state index contributed by atoms with van der Waals surface area (Å²) in [5, 5.41) is 13.0. The second-order valence-electron chi connectivity index (χ2n) is 4.38. The molecule has 20 heavy (non-hydrogen) atoms. The van der Waals surface area contributed by atoms with Gasteiger partial charge in [0.25, 0.3) is 11.8 Å². The predicted molar refractivity (Wildman–Crippen MR) is 63.5 cm³/mol. The number of fused-ring (bicyclic) bond motifs is 1. The van der Waals surface area contributed by atoms with Gasteiger partial charge in [0.05, 0.1) is 17.7 Å². The van der Waals surface area contributed by atoms with E-state index in [2.05, 4.69) is 0 Å². The number of phenolic OH excluding ortho intramolecular Hbond substituents is 1. The lowest BCUT2D eigenvalue weighted by molar-refractivity contribution is -0.122. The smallest absolute Gasteiger partial charge is 0.343 e. The molecule has 2 heterocycles. The fraction of sp³-hybridized carbons (Fsp3) is 0.167. The lowest BCUT2D eigenvalue weighted by Crippen LogP contribution is -2.58. The molecule has 0 bridgehead atoms. The number of phenols is 1. The van der Waals surface area contributed by atoms with E-state index in [1.165, 1.54) is 18.2 Å². The van der Waals surface area contributed by atoms with Crippen LogP contribution in [-0.2, 0) is 4.79 Å². The van der Waals surface area contributed by atoms with Crippen molar-refractivity contribution in [3.63, 3.8) is 0 Å². The Morgan fingerprint density at radius 1 is 1.05 bits per heavy atom. The van der Waals surface area contributed by atoms with E-state index in [1.54, 1.807) is 0 Å². The summed E-state index contributed by atoms with van der Waals surface area (Å²) in [4.78, 5) is 47.1. The van der Waals surface area contributed by atoms with Crippen LogP contribution in [0, 0.1) is 0 Å². The third kappa shape index (κ3) is 1.62. The van der Waals surface area contributed by atoms with Gasteiger partial charge >= 0.3 is 6.03 Å². The van der Waals surface area contributed by atoms with Gasteiger partial charge in [-0.2, -0.15) is 5.01 Å². The number of amides is 5. The third-order valence-corrected chi connectivity index (χ3v) is 3.12. The molecule has 1 aromatic rings. The van der Waals surface area contributed by atoms with Gasteiger partial charge in [-0.05, 0) is 18.2 Å². The van der Waals surface area contributed by atoms with E-state index in [0.29, 0.717) is 5.01 Å². The minimum absolute atomic E-state index is 0.00436. The van der Waals surface area contributed by atoms with Crippen molar-refractivity contribution < 1.29 is 24.3 Å². The van der Waals surface area contributed by atoms with Gasteiger partial charge in [-0.25, -0.2) is 9.80 Å². The first kappa shape index (κ1) is 12.2. The molecule has 2 N–H and O–H groups in total. The number of nitrogens with zero attached hydrogens (tertiary/aromatic N) is 2. The van der Waals surface area contributed by atoms with E-state index in [1.807, 2.05) is 5.32 Å². The molecule has 2 aliphatic heterocycles. The van der Waals surface area contributed by atoms with Gasteiger partial charge in [0.2, 0.25) is 5.91 Å². The summed E-state index contributed by atoms with van der Waals surface area (Å²) >= 11 is 0. The van der Waals surface area contributed by atoms with Crippen molar-refractivity contribution in [3.05, 3.63) is 29.3 Å². The fourth-order valence-corrected chi connectivity index (χ4v) is 2.18. The summed E-state index contributed by atoms with van der Waals surface area (Å²) in [6.07, 6.45) is 0.00436. The molecule has 3 rings (SSSR count). The fourth-order valence-electron chi connectivity index (χ4n) is 2.18. The molecule has 2 aliphatic rings. The first-order chi connectivity index (χ1) is 9.49. The standard InChI is InChI=1S/C12H9N3O5/c16-6-1-2-7-8(5-6)11(19)15(10(7)18)14-4-3-9(17)13-12(14)20/h1-2,5,16H,3-4H2,(H,13,17,20). The normalized spacial score (nSPS) is 18.4. The van der Waals surface area contributed by atoms with Crippen LogP contribution in [0.25, 0.3) is 0 Å². The number of nitrogens with one attached hydrogen (secondary N) is 1. The van der Waals surface area contributed by atoms with Gasteiger partial charge in [-0.3, -0.25) is 19.7 Å². The Kier molecular flexibility index (Phi) is 2.46. The number of hydrogen-bond acceptors (Lipinski definition) is 5. The summed E-state index contributed by atoms with van der Waals surface area (Å²) in [5.41, 5.74) is 0.136. The van der Waals surface area contributed by atoms with Gasteiger partial charge < -0.3 is 5.11 Å². The van der Waals surface area contributed by atoms with Crippen LogP contribution in [0.3, 0.4) is 0 Å². The van der Waals surface area contributed by atoms with Gasteiger partial charge in [0.1, 0.15) is 5.75 Å². The first-order valence-electron chi connectivity index (χ1n) is 5.82. The number of hydrazine groups is 1. The zero-order chi connectivity index (χ0) is 14.4. The van der Waals surface area contributed by atoms with Crippen molar-refractivity contribution in [2.24, 2.45) is 0 Å². The minimum atomic E-state index is -0.819. The number of carbonyl (C=O) groups excluding carboxylic acids is 4. The Hall–Kier alpha value is -2.90. The summed E-state index contributed by atoms with van der Waals surface area (Å²) in [7, 11) is 0. The maximum absolute atomic E-state index is 12.2. The molecule has 0 unspecified atom stereocenters. The Balaban J connectivity index is 1.97. The predicted octanol–water partition coefficient (Wildman–Crippen LogP) is -0.155. The highest BCUT2D eigenvalue weighted by Gasteiger charge is 2.43. The van der Waals surface area contributed by atoms with Crippen molar-refractivity contribution in [2.45, 2.75) is 6.42 Å². The molecular formula is C12H9N3O5. The van der Waals surface area contributed by atoms with Crippen LogP contribution in [0.4, 0.5) is 4.79 Å². The maximum atomic E-state index is 12.2. The highest BCUT2D eigenvalue weighted by Crippen LogP contribution is 2.28. The van der Waals surface area contributed by atoms with Gasteiger partial charge in [-0.1, -0.05) is 0 Å². The summed E-state index contributed by atoms with van der Waals surface area (Å²) in [6, 6.07) is 2.95.